The summed E-state index contributed by atoms with van der Waals surface area (Å²) in [5.41, 5.74) is 2.52. The minimum absolute atomic E-state index is 0.130. The van der Waals surface area contributed by atoms with Crippen molar-refractivity contribution in [3.63, 3.8) is 0 Å². The largest absolute Gasteiger partial charge is 0.482 e. The third-order valence-corrected chi connectivity index (χ3v) is 4.10. The number of aryl methyl sites for hydroxylation is 2. The van der Waals surface area contributed by atoms with Gasteiger partial charge in [0.15, 0.2) is 6.61 Å². The van der Waals surface area contributed by atoms with Gasteiger partial charge in [-0.1, -0.05) is 6.92 Å². The summed E-state index contributed by atoms with van der Waals surface area (Å²) in [5.74, 6) is -0.697. The number of nitrogens with one attached hydrogen (secondary N) is 1. The normalized spacial score (nSPS) is 10.3. The number of aliphatic carboxylic acids is 1. The second kappa shape index (κ2) is 7.09. The fourth-order valence-corrected chi connectivity index (χ4v) is 2.89. The summed E-state index contributed by atoms with van der Waals surface area (Å²) < 4.78 is 5.11. The van der Waals surface area contributed by atoms with E-state index >= 15 is 0 Å². The lowest BCUT2D eigenvalue weighted by atomic mass is 10.1. The molecule has 0 spiro atoms. The van der Waals surface area contributed by atoms with Crippen molar-refractivity contribution in [3.8, 4) is 5.75 Å². The molecule has 1 amide bonds. The van der Waals surface area contributed by atoms with Gasteiger partial charge in [-0.25, -0.2) is 4.79 Å². The Morgan fingerprint density at radius 3 is 2.73 bits per heavy atom. The highest BCUT2D eigenvalue weighted by molar-refractivity contribution is 7.12. The molecule has 1 heterocycles. The molecule has 0 atom stereocenters. The molecule has 0 aliphatic carbocycles. The third kappa shape index (κ3) is 3.85. The summed E-state index contributed by atoms with van der Waals surface area (Å²) in [6, 6.07) is 7.01. The molecule has 0 unspecified atom stereocenters. The van der Waals surface area contributed by atoms with Crippen LogP contribution in [-0.2, 0) is 11.2 Å². The zero-order chi connectivity index (χ0) is 16.1. The number of anilines is 1. The van der Waals surface area contributed by atoms with E-state index in [1.54, 1.807) is 18.2 Å². The molecule has 6 heteroatoms. The molecule has 2 N–H and O–H groups in total. The predicted molar refractivity (Wildman–Crippen MR) is 86.0 cm³/mol. The molecule has 0 aliphatic rings. The predicted octanol–water partition coefficient (Wildman–Crippen LogP) is 3.33. The van der Waals surface area contributed by atoms with Crippen molar-refractivity contribution in [1.82, 2.24) is 0 Å². The van der Waals surface area contributed by atoms with Gasteiger partial charge in [0.2, 0.25) is 0 Å². The Hall–Kier alpha value is -2.34. The third-order valence-electron chi connectivity index (χ3n) is 3.14. The molecule has 0 fully saturated rings. The minimum atomic E-state index is -1.03. The number of thiophene rings is 1. The summed E-state index contributed by atoms with van der Waals surface area (Å²) in [4.78, 5) is 23.5. The van der Waals surface area contributed by atoms with Gasteiger partial charge in [0.25, 0.3) is 5.91 Å². The van der Waals surface area contributed by atoms with E-state index in [1.165, 1.54) is 11.3 Å². The minimum Gasteiger partial charge on any atom is -0.482 e. The van der Waals surface area contributed by atoms with E-state index in [4.69, 9.17) is 9.84 Å². The molecule has 1 aromatic heterocycles. The molecule has 2 rings (SSSR count). The van der Waals surface area contributed by atoms with Gasteiger partial charge in [0.1, 0.15) is 5.75 Å². The van der Waals surface area contributed by atoms with Crippen LogP contribution in [0, 0.1) is 6.92 Å². The fourth-order valence-electron chi connectivity index (χ4n) is 2.00. The van der Waals surface area contributed by atoms with Crippen LogP contribution in [0.15, 0.2) is 29.6 Å². The zero-order valence-corrected chi connectivity index (χ0v) is 13.2. The van der Waals surface area contributed by atoms with Crippen molar-refractivity contribution in [2.45, 2.75) is 20.3 Å². The van der Waals surface area contributed by atoms with Crippen molar-refractivity contribution in [2.75, 3.05) is 11.9 Å². The second-order valence-electron chi connectivity index (χ2n) is 4.74. The Labute approximate surface area is 132 Å². The van der Waals surface area contributed by atoms with Gasteiger partial charge in [0.05, 0.1) is 4.88 Å². The fraction of sp³-hybridized carbons (Fsp3) is 0.250. The first-order valence-corrected chi connectivity index (χ1v) is 7.72. The quantitative estimate of drug-likeness (QED) is 0.856. The first-order chi connectivity index (χ1) is 10.5. The molecule has 0 bridgehead atoms. The number of amides is 1. The van der Waals surface area contributed by atoms with Crippen LogP contribution in [0.4, 0.5) is 5.69 Å². The van der Waals surface area contributed by atoms with Crippen molar-refractivity contribution < 1.29 is 19.4 Å². The maximum atomic E-state index is 12.3. The first kappa shape index (κ1) is 16.0. The summed E-state index contributed by atoms with van der Waals surface area (Å²) in [5, 5.41) is 13.4. The maximum Gasteiger partial charge on any atom is 0.341 e. The van der Waals surface area contributed by atoms with E-state index < -0.39 is 5.97 Å². The van der Waals surface area contributed by atoms with Crippen LogP contribution in [0.1, 0.15) is 27.7 Å². The molecule has 0 saturated heterocycles. The Bertz CT molecular complexity index is 693. The Kier molecular flexibility index (Phi) is 5.16. The number of carboxylic acids is 1. The van der Waals surface area contributed by atoms with Gasteiger partial charge in [0, 0.05) is 5.69 Å². The summed E-state index contributed by atoms with van der Waals surface area (Å²) in [6.07, 6.45) is 0.813. The van der Waals surface area contributed by atoms with Crippen LogP contribution in [0.3, 0.4) is 0 Å². The topological polar surface area (TPSA) is 75.6 Å². The highest BCUT2D eigenvalue weighted by Crippen LogP contribution is 2.24. The second-order valence-corrected chi connectivity index (χ2v) is 5.66. The van der Waals surface area contributed by atoms with E-state index in [0.717, 1.165) is 17.5 Å². The molecule has 0 aliphatic heterocycles. The van der Waals surface area contributed by atoms with Crippen LogP contribution in [0.2, 0.25) is 0 Å². The molecule has 2 aromatic rings. The smallest absolute Gasteiger partial charge is 0.341 e. The number of benzene rings is 1. The lowest BCUT2D eigenvalue weighted by molar-refractivity contribution is -0.139. The van der Waals surface area contributed by atoms with Crippen LogP contribution in [0.25, 0.3) is 0 Å². The first-order valence-electron chi connectivity index (χ1n) is 6.84. The monoisotopic (exact) mass is 319 g/mol. The number of carbonyl (C=O) groups is 2. The number of carbonyl (C=O) groups excluding carboxylic acids is 1. The number of carboxylic acid groups (broad SMARTS) is 1. The Balaban J connectivity index is 2.10. The number of hydrogen-bond acceptors (Lipinski definition) is 4. The van der Waals surface area contributed by atoms with Gasteiger partial charge in [-0.2, -0.15) is 0 Å². The maximum absolute atomic E-state index is 12.3. The van der Waals surface area contributed by atoms with Crippen molar-refractivity contribution >= 4 is 28.9 Å². The standard InChI is InChI=1S/C16H17NO4S/c1-3-11-6-7-22-15(11)16(20)17-13-5-4-12(8-10(13)2)21-9-14(18)19/h4-8H,3,9H2,1-2H3,(H,17,20)(H,18,19). The van der Waals surface area contributed by atoms with Gasteiger partial charge >= 0.3 is 5.97 Å². The van der Waals surface area contributed by atoms with Crippen molar-refractivity contribution in [1.29, 1.82) is 0 Å². The van der Waals surface area contributed by atoms with Gasteiger partial charge in [-0.05, 0) is 54.1 Å². The van der Waals surface area contributed by atoms with Crippen LogP contribution >= 0.6 is 11.3 Å². The highest BCUT2D eigenvalue weighted by atomic mass is 32.1. The van der Waals surface area contributed by atoms with Gasteiger partial charge in [-0.15, -0.1) is 11.3 Å². The van der Waals surface area contributed by atoms with Gasteiger partial charge < -0.3 is 15.2 Å². The van der Waals surface area contributed by atoms with Gasteiger partial charge in [-0.3, -0.25) is 4.79 Å². The molecular weight excluding hydrogens is 302 g/mol. The van der Waals surface area contributed by atoms with E-state index in [0.29, 0.717) is 16.3 Å². The lowest BCUT2D eigenvalue weighted by Crippen LogP contribution is -2.13. The van der Waals surface area contributed by atoms with E-state index in [9.17, 15) is 9.59 Å². The van der Waals surface area contributed by atoms with Crippen molar-refractivity contribution in [2.24, 2.45) is 0 Å². The molecule has 116 valence electrons. The molecule has 1 aromatic carbocycles. The van der Waals surface area contributed by atoms with Crippen LogP contribution in [-0.4, -0.2) is 23.6 Å². The number of ether oxygens (including phenoxy) is 1. The molecule has 5 nitrogen and oxygen atoms in total. The average molecular weight is 319 g/mol. The molecule has 0 radical (unpaired) electrons. The highest BCUT2D eigenvalue weighted by Gasteiger charge is 2.13. The van der Waals surface area contributed by atoms with Crippen LogP contribution < -0.4 is 10.1 Å². The summed E-state index contributed by atoms with van der Waals surface area (Å²) in [6.45, 7) is 3.46. The summed E-state index contributed by atoms with van der Waals surface area (Å²) in [7, 11) is 0. The average Bonchev–Trinajstić information content (AvgIpc) is 2.96. The number of rotatable bonds is 6. The van der Waals surface area contributed by atoms with E-state index in [2.05, 4.69) is 5.32 Å². The molecular formula is C16H17NO4S. The Morgan fingerprint density at radius 2 is 2.09 bits per heavy atom. The SMILES string of the molecule is CCc1ccsc1C(=O)Nc1ccc(OCC(=O)O)cc1C. The molecule has 22 heavy (non-hydrogen) atoms. The van der Waals surface area contributed by atoms with E-state index in [1.807, 2.05) is 25.3 Å². The van der Waals surface area contributed by atoms with E-state index in [-0.39, 0.29) is 12.5 Å². The molecule has 0 saturated carbocycles. The Morgan fingerprint density at radius 1 is 1.32 bits per heavy atom. The van der Waals surface area contributed by atoms with Crippen molar-refractivity contribution in [3.05, 3.63) is 45.6 Å². The summed E-state index contributed by atoms with van der Waals surface area (Å²) >= 11 is 1.42. The van der Waals surface area contributed by atoms with Crippen LogP contribution in [0.5, 0.6) is 5.75 Å². The lowest BCUT2D eigenvalue weighted by Gasteiger charge is -2.10. The zero-order valence-electron chi connectivity index (χ0n) is 12.4. The number of hydrogen-bond donors (Lipinski definition) is 2.